The Balaban J connectivity index is 1.72. The third-order valence-corrected chi connectivity index (χ3v) is 5.68. The first-order chi connectivity index (χ1) is 9.69. The first-order valence-electron chi connectivity index (χ1n) is 8.16. The van der Waals surface area contributed by atoms with Crippen LogP contribution in [-0.4, -0.2) is 24.1 Å². The summed E-state index contributed by atoms with van der Waals surface area (Å²) < 4.78 is 0. The standard InChI is InChI=1S/C16H27N3S/c1-4-9-17-11(2)15-12(3)18-16(20-15)19(14-7-8-14)10-13-5-6-13/h11,13-14,17H,4-10H2,1-3H3. The van der Waals surface area contributed by atoms with Crippen molar-refractivity contribution in [1.82, 2.24) is 10.3 Å². The van der Waals surface area contributed by atoms with Gasteiger partial charge in [-0.2, -0.15) is 0 Å². The van der Waals surface area contributed by atoms with Crippen LogP contribution >= 0.6 is 11.3 Å². The summed E-state index contributed by atoms with van der Waals surface area (Å²) in [6.07, 6.45) is 6.77. The minimum atomic E-state index is 0.433. The van der Waals surface area contributed by atoms with E-state index in [1.54, 1.807) is 0 Å². The molecule has 0 aliphatic heterocycles. The number of thiazole rings is 1. The van der Waals surface area contributed by atoms with Crippen LogP contribution in [0.3, 0.4) is 0 Å². The summed E-state index contributed by atoms with van der Waals surface area (Å²) in [5.41, 5.74) is 1.22. The van der Waals surface area contributed by atoms with Gasteiger partial charge in [0.15, 0.2) is 5.13 Å². The SMILES string of the molecule is CCCNC(C)c1sc(N(CC2CC2)C2CC2)nc1C. The van der Waals surface area contributed by atoms with Crippen molar-refractivity contribution in [2.24, 2.45) is 5.92 Å². The molecule has 3 nitrogen and oxygen atoms in total. The molecule has 112 valence electrons. The van der Waals surface area contributed by atoms with E-state index in [0.717, 1.165) is 18.5 Å². The lowest BCUT2D eigenvalue weighted by molar-refractivity contribution is 0.575. The third kappa shape index (κ3) is 3.34. The molecule has 2 saturated carbocycles. The molecule has 2 aliphatic rings. The number of anilines is 1. The van der Waals surface area contributed by atoms with Crippen LogP contribution in [-0.2, 0) is 0 Å². The van der Waals surface area contributed by atoms with E-state index in [2.05, 4.69) is 31.0 Å². The quantitative estimate of drug-likeness (QED) is 0.788. The van der Waals surface area contributed by atoms with E-state index < -0.39 is 0 Å². The molecule has 20 heavy (non-hydrogen) atoms. The Morgan fingerprint density at radius 2 is 2.10 bits per heavy atom. The molecular weight excluding hydrogens is 266 g/mol. The van der Waals surface area contributed by atoms with E-state index in [1.165, 1.54) is 54.4 Å². The number of nitrogens with zero attached hydrogens (tertiary/aromatic N) is 2. The van der Waals surface area contributed by atoms with Crippen LogP contribution in [0.4, 0.5) is 5.13 Å². The molecule has 2 fully saturated rings. The zero-order chi connectivity index (χ0) is 14.1. The maximum absolute atomic E-state index is 4.89. The average molecular weight is 293 g/mol. The predicted molar refractivity (Wildman–Crippen MR) is 86.7 cm³/mol. The molecular formula is C16H27N3S. The monoisotopic (exact) mass is 293 g/mol. The Kier molecular flexibility index (Phi) is 4.32. The van der Waals surface area contributed by atoms with Crippen LogP contribution in [0.15, 0.2) is 0 Å². The molecule has 1 N–H and O–H groups in total. The van der Waals surface area contributed by atoms with Crippen molar-refractivity contribution in [3.8, 4) is 0 Å². The van der Waals surface area contributed by atoms with Gasteiger partial charge in [0.25, 0.3) is 0 Å². The van der Waals surface area contributed by atoms with Gasteiger partial charge in [-0.05, 0) is 58.4 Å². The highest BCUT2D eigenvalue weighted by molar-refractivity contribution is 7.15. The Morgan fingerprint density at radius 1 is 1.35 bits per heavy atom. The van der Waals surface area contributed by atoms with Crippen molar-refractivity contribution in [3.05, 3.63) is 10.6 Å². The molecule has 0 radical (unpaired) electrons. The van der Waals surface area contributed by atoms with Crippen molar-refractivity contribution >= 4 is 16.5 Å². The molecule has 0 bridgehead atoms. The molecule has 1 unspecified atom stereocenters. The van der Waals surface area contributed by atoms with E-state index >= 15 is 0 Å². The van der Waals surface area contributed by atoms with Crippen LogP contribution in [0.1, 0.15) is 62.6 Å². The molecule has 1 aromatic rings. The van der Waals surface area contributed by atoms with E-state index in [1.807, 2.05) is 11.3 Å². The second-order valence-corrected chi connectivity index (χ2v) is 7.46. The van der Waals surface area contributed by atoms with Gasteiger partial charge < -0.3 is 10.2 Å². The highest BCUT2D eigenvalue weighted by atomic mass is 32.1. The lowest BCUT2D eigenvalue weighted by Crippen LogP contribution is -2.27. The fourth-order valence-corrected chi connectivity index (χ4v) is 3.89. The van der Waals surface area contributed by atoms with Crippen molar-refractivity contribution in [1.29, 1.82) is 0 Å². The Morgan fingerprint density at radius 3 is 2.70 bits per heavy atom. The van der Waals surface area contributed by atoms with Gasteiger partial charge in [0.1, 0.15) is 0 Å². The number of aromatic nitrogens is 1. The van der Waals surface area contributed by atoms with Crippen LogP contribution < -0.4 is 10.2 Å². The first-order valence-corrected chi connectivity index (χ1v) is 8.98. The largest absolute Gasteiger partial charge is 0.345 e. The van der Waals surface area contributed by atoms with Crippen molar-refractivity contribution in [3.63, 3.8) is 0 Å². The van der Waals surface area contributed by atoms with Crippen LogP contribution in [0.2, 0.25) is 0 Å². The second-order valence-electron chi connectivity index (χ2n) is 6.45. The predicted octanol–water partition coefficient (Wildman–Crippen LogP) is 3.89. The molecule has 4 heteroatoms. The zero-order valence-corrected chi connectivity index (χ0v) is 13.8. The molecule has 3 rings (SSSR count). The van der Waals surface area contributed by atoms with Gasteiger partial charge in [-0.1, -0.05) is 6.92 Å². The molecule has 1 atom stereocenters. The Hall–Kier alpha value is -0.610. The molecule has 2 aliphatic carbocycles. The summed E-state index contributed by atoms with van der Waals surface area (Å²) in [7, 11) is 0. The summed E-state index contributed by atoms with van der Waals surface area (Å²) in [5.74, 6) is 0.943. The normalized spacial score (nSPS) is 20.1. The second kappa shape index (κ2) is 6.02. The highest BCUT2D eigenvalue weighted by Crippen LogP contribution is 2.40. The molecule has 0 aromatic carbocycles. The molecule has 0 spiro atoms. The molecule has 1 aromatic heterocycles. The van der Waals surface area contributed by atoms with Crippen LogP contribution in [0, 0.1) is 12.8 Å². The summed E-state index contributed by atoms with van der Waals surface area (Å²) in [6, 6.07) is 1.22. The van der Waals surface area contributed by atoms with Crippen molar-refractivity contribution in [2.75, 3.05) is 18.0 Å². The number of hydrogen-bond acceptors (Lipinski definition) is 4. The van der Waals surface area contributed by atoms with Gasteiger partial charge in [0.05, 0.1) is 5.69 Å². The van der Waals surface area contributed by atoms with E-state index in [0.29, 0.717) is 6.04 Å². The van der Waals surface area contributed by atoms with Crippen LogP contribution in [0.5, 0.6) is 0 Å². The van der Waals surface area contributed by atoms with Gasteiger partial charge in [0.2, 0.25) is 0 Å². The Labute approximate surface area is 126 Å². The lowest BCUT2D eigenvalue weighted by atomic mass is 10.2. The lowest BCUT2D eigenvalue weighted by Gasteiger charge is -2.21. The first kappa shape index (κ1) is 14.3. The number of nitrogens with one attached hydrogen (secondary N) is 1. The van der Waals surface area contributed by atoms with Gasteiger partial charge in [-0.25, -0.2) is 4.98 Å². The van der Waals surface area contributed by atoms with Gasteiger partial charge >= 0.3 is 0 Å². The Bertz CT molecular complexity index is 449. The maximum Gasteiger partial charge on any atom is 0.186 e. The van der Waals surface area contributed by atoms with Gasteiger partial charge in [-0.3, -0.25) is 0 Å². The number of hydrogen-bond donors (Lipinski definition) is 1. The topological polar surface area (TPSA) is 28.2 Å². The summed E-state index contributed by atoms with van der Waals surface area (Å²) in [5, 5.41) is 4.87. The minimum absolute atomic E-state index is 0.433. The average Bonchev–Trinajstić information content (AvgIpc) is 3.32. The summed E-state index contributed by atoms with van der Waals surface area (Å²) >= 11 is 1.92. The summed E-state index contributed by atoms with van der Waals surface area (Å²) in [6.45, 7) is 8.98. The number of aryl methyl sites for hydroxylation is 1. The number of rotatable bonds is 8. The molecule has 0 saturated heterocycles. The maximum atomic E-state index is 4.89. The molecule has 1 heterocycles. The summed E-state index contributed by atoms with van der Waals surface area (Å²) in [4.78, 5) is 8.92. The van der Waals surface area contributed by atoms with Crippen molar-refractivity contribution < 1.29 is 0 Å². The van der Waals surface area contributed by atoms with Gasteiger partial charge in [-0.15, -0.1) is 11.3 Å². The van der Waals surface area contributed by atoms with E-state index in [-0.39, 0.29) is 0 Å². The van der Waals surface area contributed by atoms with Crippen molar-refractivity contribution in [2.45, 2.75) is 65.0 Å². The smallest absolute Gasteiger partial charge is 0.186 e. The fourth-order valence-electron chi connectivity index (χ4n) is 2.72. The van der Waals surface area contributed by atoms with Crippen LogP contribution in [0.25, 0.3) is 0 Å². The third-order valence-electron chi connectivity index (χ3n) is 4.30. The fraction of sp³-hybridized carbons (Fsp3) is 0.812. The van der Waals surface area contributed by atoms with E-state index in [4.69, 9.17) is 4.98 Å². The minimum Gasteiger partial charge on any atom is -0.345 e. The zero-order valence-electron chi connectivity index (χ0n) is 13.0. The van der Waals surface area contributed by atoms with Gasteiger partial charge in [0, 0.05) is 23.5 Å². The molecule has 0 amide bonds. The van der Waals surface area contributed by atoms with E-state index in [9.17, 15) is 0 Å². The highest BCUT2D eigenvalue weighted by Gasteiger charge is 2.35.